The third-order valence-electron chi connectivity index (χ3n) is 1.29. The first-order valence-electron chi connectivity index (χ1n) is 3.57. The first kappa shape index (κ1) is 11.0. The van der Waals surface area contributed by atoms with Crippen molar-refractivity contribution >= 4 is 23.3 Å². The lowest BCUT2D eigenvalue weighted by atomic mass is 10.2. The Morgan fingerprint density at radius 2 is 2.50 bits per heavy atom. The number of esters is 1. The van der Waals surface area contributed by atoms with Gasteiger partial charge in [-0.25, -0.2) is 9.79 Å². The molecule has 0 aliphatic carbocycles. The second-order valence-corrected chi connectivity index (χ2v) is 2.26. The van der Waals surface area contributed by atoms with Crippen LogP contribution in [0.5, 0.6) is 0 Å². The monoisotopic (exact) mass is 185 g/mol. The lowest BCUT2D eigenvalue weighted by molar-refractivity contribution is -0.134. The largest absolute Gasteiger partial charge is 0.466 e. The Labute approximate surface area is 77.1 Å². The van der Waals surface area contributed by atoms with Crippen LogP contribution in [-0.2, 0) is 9.53 Å². The molecule has 0 aliphatic rings. The molecule has 0 heterocycles. The zero-order chi connectivity index (χ0) is 9.40. The Balaban J connectivity index is 4.09. The Hall–Kier alpha value is -0.990. The summed E-state index contributed by atoms with van der Waals surface area (Å²) in [5, 5.41) is 2.27. The minimum Gasteiger partial charge on any atom is -0.466 e. The molecule has 0 spiro atoms. The second kappa shape index (κ2) is 6.70. The van der Waals surface area contributed by atoms with Gasteiger partial charge in [0.25, 0.3) is 0 Å². The summed E-state index contributed by atoms with van der Waals surface area (Å²) >= 11 is 4.44. The van der Waals surface area contributed by atoms with E-state index in [2.05, 4.69) is 27.1 Å². The fourth-order valence-electron chi connectivity index (χ4n) is 0.596. The Kier molecular flexibility index (Phi) is 6.15. The van der Waals surface area contributed by atoms with Crippen LogP contribution in [0.3, 0.4) is 0 Å². The molecule has 12 heavy (non-hydrogen) atoms. The van der Waals surface area contributed by atoms with Crippen LogP contribution in [0.1, 0.15) is 13.3 Å². The van der Waals surface area contributed by atoms with Crippen LogP contribution in [-0.4, -0.2) is 24.3 Å². The van der Waals surface area contributed by atoms with E-state index < -0.39 is 0 Å². The first-order chi connectivity index (χ1) is 5.74. The number of aliphatic imine (C=N–C) groups is 1. The Morgan fingerprint density at radius 1 is 1.83 bits per heavy atom. The molecule has 0 saturated heterocycles. The minimum atomic E-state index is -0.381. The number of ether oxygens (including phenoxy) is 1. The summed E-state index contributed by atoms with van der Waals surface area (Å²) in [6, 6.07) is -0.0680. The van der Waals surface area contributed by atoms with Crippen molar-refractivity contribution in [2.24, 2.45) is 4.99 Å². The van der Waals surface area contributed by atoms with Gasteiger partial charge in [0.15, 0.2) is 0 Å². The van der Waals surface area contributed by atoms with Crippen molar-refractivity contribution in [1.82, 2.24) is 0 Å². The summed E-state index contributed by atoms with van der Waals surface area (Å²) in [6.45, 7) is 1.95. The maximum atomic E-state index is 10.6. The molecule has 0 rings (SSSR count). The summed E-state index contributed by atoms with van der Waals surface area (Å²) < 4.78 is 4.41. The van der Waals surface area contributed by atoms with Crippen molar-refractivity contribution in [3.63, 3.8) is 0 Å². The highest BCUT2D eigenvalue weighted by Crippen LogP contribution is 1.98. The predicted molar refractivity (Wildman–Crippen MR) is 50.3 cm³/mol. The van der Waals surface area contributed by atoms with Crippen LogP contribution in [0.15, 0.2) is 17.1 Å². The first-order valence-corrected chi connectivity index (χ1v) is 3.98. The third-order valence-corrected chi connectivity index (χ3v) is 1.40. The predicted octanol–water partition coefficient (Wildman–Crippen LogP) is 1.60. The van der Waals surface area contributed by atoms with Gasteiger partial charge >= 0.3 is 5.97 Å². The molecule has 0 amide bonds. The molecule has 0 aromatic carbocycles. The van der Waals surface area contributed by atoms with Gasteiger partial charge in [0.1, 0.15) is 0 Å². The quantitative estimate of drug-likeness (QED) is 0.289. The van der Waals surface area contributed by atoms with E-state index in [1.807, 2.05) is 6.92 Å². The van der Waals surface area contributed by atoms with Crippen LogP contribution in [0.25, 0.3) is 0 Å². The van der Waals surface area contributed by atoms with Crippen LogP contribution >= 0.6 is 12.2 Å². The molecule has 66 valence electrons. The number of rotatable bonds is 4. The van der Waals surface area contributed by atoms with E-state index in [1.165, 1.54) is 13.2 Å². The third kappa shape index (κ3) is 4.77. The van der Waals surface area contributed by atoms with Gasteiger partial charge in [0.2, 0.25) is 0 Å². The number of hydrogen-bond donors (Lipinski definition) is 0. The number of isothiocyanates is 1. The van der Waals surface area contributed by atoms with Crippen LogP contribution in [0, 0.1) is 0 Å². The van der Waals surface area contributed by atoms with Crippen molar-refractivity contribution in [2.75, 3.05) is 7.11 Å². The zero-order valence-corrected chi connectivity index (χ0v) is 7.93. The summed E-state index contributed by atoms with van der Waals surface area (Å²) in [6.07, 6.45) is 3.77. The highest BCUT2D eigenvalue weighted by molar-refractivity contribution is 7.78. The van der Waals surface area contributed by atoms with E-state index in [9.17, 15) is 4.79 Å². The van der Waals surface area contributed by atoms with Gasteiger partial charge in [0, 0.05) is 6.08 Å². The van der Waals surface area contributed by atoms with Gasteiger partial charge in [-0.15, -0.1) is 0 Å². The molecule has 0 aromatic heterocycles. The van der Waals surface area contributed by atoms with Crippen LogP contribution in [0.4, 0.5) is 0 Å². The Bertz CT molecular complexity index is 219. The van der Waals surface area contributed by atoms with Crippen molar-refractivity contribution < 1.29 is 9.53 Å². The molecular formula is C8H11NO2S. The smallest absolute Gasteiger partial charge is 0.330 e. The van der Waals surface area contributed by atoms with Crippen LogP contribution < -0.4 is 0 Å². The van der Waals surface area contributed by atoms with Gasteiger partial charge in [-0.2, -0.15) is 0 Å². The van der Waals surface area contributed by atoms with E-state index in [0.29, 0.717) is 0 Å². The average Bonchev–Trinajstić information content (AvgIpc) is 2.11. The number of methoxy groups -OCH3 is 1. The molecule has 3 nitrogen and oxygen atoms in total. The summed E-state index contributed by atoms with van der Waals surface area (Å²) in [7, 11) is 1.33. The molecule has 1 unspecified atom stereocenters. The van der Waals surface area contributed by atoms with Crippen LogP contribution in [0.2, 0.25) is 0 Å². The van der Waals surface area contributed by atoms with Crippen molar-refractivity contribution in [1.29, 1.82) is 0 Å². The van der Waals surface area contributed by atoms with Gasteiger partial charge < -0.3 is 4.74 Å². The molecule has 0 N–H and O–H groups in total. The van der Waals surface area contributed by atoms with E-state index in [0.717, 1.165) is 6.42 Å². The van der Waals surface area contributed by atoms with Gasteiger partial charge in [-0.05, 0) is 18.6 Å². The SMILES string of the molecule is CCC(/C=C/C(=O)OC)N=C=S. The molecule has 0 aliphatic heterocycles. The van der Waals surface area contributed by atoms with E-state index in [1.54, 1.807) is 6.08 Å². The lowest BCUT2D eigenvalue weighted by Gasteiger charge is -1.98. The number of carbonyl (C=O) groups excluding carboxylic acids is 1. The highest BCUT2D eigenvalue weighted by atomic mass is 32.1. The summed E-state index contributed by atoms with van der Waals surface area (Å²) in [5.74, 6) is -0.381. The van der Waals surface area contributed by atoms with Gasteiger partial charge in [-0.1, -0.05) is 13.0 Å². The fraction of sp³-hybridized carbons (Fsp3) is 0.500. The standard InChI is InChI=1S/C8H11NO2S/c1-3-7(9-6-12)4-5-8(10)11-2/h4-5,7H,3H2,1-2H3/b5-4+. The number of thiocarbonyl (C=S) groups is 1. The van der Waals surface area contributed by atoms with Crippen molar-refractivity contribution in [3.8, 4) is 0 Å². The van der Waals surface area contributed by atoms with Gasteiger partial charge in [0.05, 0.1) is 18.3 Å². The normalized spacial score (nSPS) is 12.2. The molecule has 1 atom stereocenters. The highest BCUT2D eigenvalue weighted by Gasteiger charge is 1.98. The molecule has 0 radical (unpaired) electrons. The number of carbonyl (C=O) groups is 1. The maximum absolute atomic E-state index is 10.6. The molecule has 4 heteroatoms. The molecular weight excluding hydrogens is 174 g/mol. The van der Waals surface area contributed by atoms with E-state index in [4.69, 9.17) is 0 Å². The molecule has 0 fully saturated rings. The molecule has 0 aromatic rings. The van der Waals surface area contributed by atoms with Gasteiger partial charge in [-0.3, -0.25) is 0 Å². The summed E-state index contributed by atoms with van der Waals surface area (Å²) in [4.78, 5) is 14.5. The lowest BCUT2D eigenvalue weighted by Crippen LogP contribution is -2.00. The summed E-state index contributed by atoms with van der Waals surface area (Å²) in [5.41, 5.74) is 0. The average molecular weight is 185 g/mol. The van der Waals surface area contributed by atoms with E-state index >= 15 is 0 Å². The van der Waals surface area contributed by atoms with Crippen molar-refractivity contribution in [3.05, 3.63) is 12.2 Å². The molecule has 0 saturated carbocycles. The number of hydrogen-bond acceptors (Lipinski definition) is 4. The number of nitrogens with zero attached hydrogens (tertiary/aromatic N) is 1. The fourth-order valence-corrected chi connectivity index (χ4v) is 0.731. The van der Waals surface area contributed by atoms with E-state index in [-0.39, 0.29) is 12.0 Å². The molecule has 0 bridgehead atoms. The topological polar surface area (TPSA) is 38.7 Å². The minimum absolute atomic E-state index is 0.0680. The Morgan fingerprint density at radius 3 is 2.92 bits per heavy atom. The zero-order valence-electron chi connectivity index (χ0n) is 7.11. The second-order valence-electron chi connectivity index (χ2n) is 2.08. The van der Waals surface area contributed by atoms with Crippen molar-refractivity contribution in [2.45, 2.75) is 19.4 Å². The maximum Gasteiger partial charge on any atom is 0.330 e.